The Hall–Kier alpha value is -1.58. The molecule has 0 spiro atoms. The van der Waals surface area contributed by atoms with E-state index < -0.39 is 0 Å². The first-order chi connectivity index (χ1) is 5.29. The molecule has 2 aromatic rings. The maximum absolute atomic E-state index is 5.75. The van der Waals surface area contributed by atoms with Crippen molar-refractivity contribution in [2.75, 3.05) is 5.73 Å². The van der Waals surface area contributed by atoms with Gasteiger partial charge in [0.25, 0.3) is 0 Å². The minimum absolute atomic E-state index is 0.729. The fourth-order valence-electron chi connectivity index (χ4n) is 1.01. The van der Waals surface area contributed by atoms with E-state index in [4.69, 9.17) is 5.73 Å². The highest BCUT2D eigenvalue weighted by Crippen LogP contribution is 2.18. The predicted molar refractivity (Wildman–Crippen MR) is 43.0 cm³/mol. The lowest BCUT2D eigenvalue weighted by Crippen LogP contribution is -1.91. The second kappa shape index (κ2) is 1.95. The summed E-state index contributed by atoms with van der Waals surface area (Å²) in [5, 5.41) is 6.63. The van der Waals surface area contributed by atoms with Gasteiger partial charge >= 0.3 is 0 Å². The topological polar surface area (TPSA) is 67.6 Å². The maximum Gasteiger partial charge on any atom is 0.110 e. The zero-order chi connectivity index (χ0) is 7.84. The van der Waals surface area contributed by atoms with Gasteiger partial charge in [-0.1, -0.05) is 0 Å². The van der Waals surface area contributed by atoms with Crippen LogP contribution in [0.2, 0.25) is 0 Å². The molecule has 0 aromatic carbocycles. The zero-order valence-electron chi connectivity index (χ0n) is 6.13. The quantitative estimate of drug-likeness (QED) is 0.582. The van der Waals surface area contributed by atoms with Crippen molar-refractivity contribution in [3.05, 3.63) is 18.0 Å². The van der Waals surface area contributed by atoms with Gasteiger partial charge in [0.05, 0.1) is 11.9 Å². The average Bonchev–Trinajstić information content (AvgIpc) is 2.45. The van der Waals surface area contributed by atoms with Crippen LogP contribution in [-0.2, 0) is 0 Å². The molecule has 0 saturated heterocycles. The molecule has 56 valence electrons. The molecule has 11 heavy (non-hydrogen) atoms. The molecule has 0 aliphatic heterocycles. The third-order valence-corrected chi connectivity index (χ3v) is 1.71. The van der Waals surface area contributed by atoms with Gasteiger partial charge in [0, 0.05) is 6.20 Å². The molecule has 4 heteroatoms. The third kappa shape index (κ3) is 0.756. The van der Waals surface area contributed by atoms with Gasteiger partial charge in [0.15, 0.2) is 0 Å². The molecule has 0 bridgehead atoms. The Bertz CT molecular complexity index is 390. The normalized spacial score (nSPS) is 10.6. The summed E-state index contributed by atoms with van der Waals surface area (Å²) in [4.78, 5) is 4.13. The molecule has 0 saturated carbocycles. The highest BCUT2D eigenvalue weighted by molar-refractivity contribution is 5.86. The molecule has 2 aromatic heterocycles. The van der Waals surface area contributed by atoms with E-state index in [1.165, 1.54) is 0 Å². The number of anilines is 1. The van der Waals surface area contributed by atoms with Crippen molar-refractivity contribution in [3.8, 4) is 0 Å². The van der Waals surface area contributed by atoms with Crippen molar-refractivity contribution in [3.63, 3.8) is 0 Å². The lowest BCUT2D eigenvalue weighted by atomic mass is 10.2. The molecular weight excluding hydrogens is 140 g/mol. The summed E-state index contributed by atoms with van der Waals surface area (Å²) in [6, 6.07) is 0. The predicted octanol–water partition coefficient (Wildman–Crippen LogP) is 0.849. The number of aromatic nitrogens is 3. The Labute approximate surface area is 63.4 Å². The van der Waals surface area contributed by atoms with E-state index >= 15 is 0 Å². The fraction of sp³-hybridized carbons (Fsp3) is 0.143. The number of H-pyrrole nitrogens is 1. The number of hydrogen-bond acceptors (Lipinski definition) is 3. The highest BCUT2D eigenvalue weighted by Gasteiger charge is 2.02. The van der Waals surface area contributed by atoms with Gasteiger partial charge in [-0.15, -0.1) is 0 Å². The van der Waals surface area contributed by atoms with Crippen molar-refractivity contribution >= 4 is 16.7 Å². The summed E-state index contributed by atoms with van der Waals surface area (Å²) in [6.07, 6.45) is 3.40. The Morgan fingerprint density at radius 3 is 3.09 bits per heavy atom. The van der Waals surface area contributed by atoms with Gasteiger partial charge in [-0.2, -0.15) is 5.10 Å². The van der Waals surface area contributed by atoms with Gasteiger partial charge in [-0.05, 0) is 12.5 Å². The first-order valence-corrected chi connectivity index (χ1v) is 3.33. The monoisotopic (exact) mass is 148 g/mol. The number of aromatic amines is 1. The summed E-state index contributed by atoms with van der Waals surface area (Å²) >= 11 is 0. The van der Waals surface area contributed by atoms with E-state index in [0.29, 0.717) is 0 Å². The van der Waals surface area contributed by atoms with Gasteiger partial charge in [-0.3, -0.25) is 10.1 Å². The molecule has 4 nitrogen and oxygen atoms in total. The summed E-state index contributed by atoms with van der Waals surface area (Å²) in [6.45, 7) is 1.92. The minimum atomic E-state index is 0.729. The number of aryl methyl sites for hydroxylation is 1. The number of nitrogen functional groups attached to an aromatic ring is 1. The lowest BCUT2D eigenvalue weighted by Gasteiger charge is -1.97. The van der Waals surface area contributed by atoms with Crippen LogP contribution in [0.5, 0.6) is 0 Å². The fourth-order valence-corrected chi connectivity index (χ4v) is 1.01. The molecule has 0 atom stereocenters. The molecule has 0 aliphatic carbocycles. The summed E-state index contributed by atoms with van der Waals surface area (Å²) in [7, 11) is 0. The van der Waals surface area contributed by atoms with Gasteiger partial charge in [0.2, 0.25) is 0 Å². The van der Waals surface area contributed by atoms with Crippen molar-refractivity contribution in [2.24, 2.45) is 0 Å². The number of fused-ring (bicyclic) bond motifs is 1. The Kier molecular flexibility index (Phi) is 1.09. The summed E-state index contributed by atoms with van der Waals surface area (Å²) < 4.78 is 0. The second-order valence-electron chi connectivity index (χ2n) is 2.49. The lowest BCUT2D eigenvalue weighted by molar-refractivity contribution is 1.12. The van der Waals surface area contributed by atoms with Gasteiger partial charge < -0.3 is 5.73 Å². The van der Waals surface area contributed by atoms with E-state index in [1.54, 1.807) is 12.4 Å². The molecule has 0 radical (unpaired) electrons. The summed E-state index contributed by atoms with van der Waals surface area (Å²) in [5.74, 6) is 0. The van der Waals surface area contributed by atoms with Crippen LogP contribution in [0.15, 0.2) is 12.4 Å². The van der Waals surface area contributed by atoms with E-state index in [1.807, 2.05) is 6.92 Å². The molecule has 0 amide bonds. The maximum atomic E-state index is 5.75. The van der Waals surface area contributed by atoms with Crippen LogP contribution in [0.25, 0.3) is 11.0 Å². The van der Waals surface area contributed by atoms with Crippen LogP contribution in [0.1, 0.15) is 5.56 Å². The van der Waals surface area contributed by atoms with E-state index in [0.717, 1.165) is 22.3 Å². The number of nitrogens with two attached hydrogens (primary N) is 1. The zero-order valence-corrected chi connectivity index (χ0v) is 6.13. The van der Waals surface area contributed by atoms with Crippen molar-refractivity contribution in [1.29, 1.82) is 0 Å². The summed E-state index contributed by atoms with van der Waals surface area (Å²) in [5.41, 5.74) is 9.09. The van der Waals surface area contributed by atoms with E-state index in [9.17, 15) is 0 Å². The number of rotatable bonds is 0. The van der Waals surface area contributed by atoms with Crippen molar-refractivity contribution < 1.29 is 0 Å². The van der Waals surface area contributed by atoms with Crippen LogP contribution >= 0.6 is 0 Å². The van der Waals surface area contributed by atoms with Gasteiger partial charge in [0.1, 0.15) is 11.0 Å². The second-order valence-corrected chi connectivity index (χ2v) is 2.49. The van der Waals surface area contributed by atoms with Crippen LogP contribution in [-0.4, -0.2) is 15.2 Å². The van der Waals surface area contributed by atoms with Crippen molar-refractivity contribution in [2.45, 2.75) is 6.92 Å². The number of hydrogen-bond donors (Lipinski definition) is 2. The number of pyridine rings is 1. The average molecular weight is 148 g/mol. The SMILES string of the molecule is Cc1cnc2cn[nH]c2c1N. The van der Waals surface area contributed by atoms with Gasteiger partial charge in [-0.25, -0.2) is 0 Å². The molecular formula is C7H8N4. The standard InChI is InChI=1S/C7H8N4/c1-4-2-9-5-3-10-11-7(5)6(4)8/h2-3H,1H3,(H2,8,9)(H,10,11). The van der Waals surface area contributed by atoms with Crippen LogP contribution in [0.3, 0.4) is 0 Å². The Morgan fingerprint density at radius 2 is 2.27 bits per heavy atom. The highest BCUT2D eigenvalue weighted by atomic mass is 15.1. The Morgan fingerprint density at radius 1 is 1.45 bits per heavy atom. The molecule has 0 fully saturated rings. The van der Waals surface area contributed by atoms with E-state index in [2.05, 4.69) is 15.2 Å². The molecule has 3 N–H and O–H groups in total. The molecule has 0 unspecified atom stereocenters. The minimum Gasteiger partial charge on any atom is -0.397 e. The smallest absolute Gasteiger partial charge is 0.110 e. The first-order valence-electron chi connectivity index (χ1n) is 3.33. The van der Waals surface area contributed by atoms with Crippen LogP contribution in [0, 0.1) is 6.92 Å². The van der Waals surface area contributed by atoms with Crippen LogP contribution < -0.4 is 5.73 Å². The van der Waals surface area contributed by atoms with Crippen molar-refractivity contribution in [1.82, 2.24) is 15.2 Å². The van der Waals surface area contributed by atoms with E-state index in [-0.39, 0.29) is 0 Å². The number of nitrogens with one attached hydrogen (secondary N) is 1. The first kappa shape index (κ1) is 6.15. The third-order valence-electron chi connectivity index (χ3n) is 1.71. The largest absolute Gasteiger partial charge is 0.397 e. The molecule has 0 aliphatic rings. The molecule has 2 heterocycles. The number of nitrogens with zero attached hydrogens (tertiary/aromatic N) is 2. The van der Waals surface area contributed by atoms with Crippen LogP contribution in [0.4, 0.5) is 5.69 Å². The Balaban J connectivity index is 2.93. The molecule has 2 rings (SSSR count).